The number of nitrogens with one attached hydrogen (secondary N) is 2. The van der Waals surface area contributed by atoms with Crippen LogP contribution in [0.2, 0.25) is 0 Å². The van der Waals surface area contributed by atoms with Gasteiger partial charge in [-0.25, -0.2) is 0 Å². The number of rotatable bonds is 6. The third-order valence-corrected chi connectivity index (χ3v) is 4.16. The van der Waals surface area contributed by atoms with E-state index in [2.05, 4.69) is 10.6 Å². The number of hydrogen-bond acceptors (Lipinski definition) is 3. The van der Waals surface area contributed by atoms with Gasteiger partial charge in [0.2, 0.25) is 5.91 Å². The Balaban J connectivity index is 2.19. The first-order valence-corrected chi connectivity index (χ1v) is 8.46. The van der Waals surface area contributed by atoms with E-state index in [0.29, 0.717) is 23.5 Å². The Morgan fingerprint density at radius 1 is 1.00 bits per heavy atom. The Hall–Kier alpha value is -2.66. The minimum absolute atomic E-state index is 0.130. The summed E-state index contributed by atoms with van der Waals surface area (Å²) in [5.74, 6) is -0.304. The highest BCUT2D eigenvalue weighted by atomic mass is 16.2. The smallest absolute Gasteiger partial charge is 0.255 e. The van der Waals surface area contributed by atoms with Gasteiger partial charge in [-0.3, -0.25) is 9.59 Å². The number of nitrogens with two attached hydrogens (primary N) is 1. The number of carbonyl (C=O) groups excluding carboxylic acids is 2. The zero-order valence-electron chi connectivity index (χ0n) is 15.0. The van der Waals surface area contributed by atoms with Gasteiger partial charge in [0.1, 0.15) is 0 Å². The molecule has 25 heavy (non-hydrogen) atoms. The number of hydrogen-bond donors (Lipinski definition) is 3. The highest BCUT2D eigenvalue weighted by Crippen LogP contribution is 2.23. The molecule has 5 heteroatoms. The van der Waals surface area contributed by atoms with Crippen molar-refractivity contribution in [2.45, 2.75) is 33.6 Å². The molecule has 2 rings (SSSR count). The molecule has 0 heterocycles. The normalized spacial score (nSPS) is 10.4. The predicted molar refractivity (Wildman–Crippen MR) is 102 cm³/mol. The maximum atomic E-state index is 12.5. The molecule has 0 saturated heterocycles. The molecule has 0 bridgehead atoms. The lowest BCUT2D eigenvalue weighted by molar-refractivity contribution is -0.116. The maximum Gasteiger partial charge on any atom is 0.255 e. The van der Waals surface area contributed by atoms with Gasteiger partial charge in [-0.2, -0.15) is 0 Å². The zero-order chi connectivity index (χ0) is 18.4. The molecule has 0 atom stereocenters. The summed E-state index contributed by atoms with van der Waals surface area (Å²) in [5.41, 5.74) is 10.6. The van der Waals surface area contributed by atoms with Gasteiger partial charge in [0, 0.05) is 29.9 Å². The largest absolute Gasteiger partial charge is 0.330 e. The molecule has 0 unspecified atom stereocenters. The van der Waals surface area contributed by atoms with Crippen LogP contribution >= 0.6 is 0 Å². The zero-order valence-corrected chi connectivity index (χ0v) is 15.0. The minimum atomic E-state index is -0.174. The molecule has 2 aromatic rings. The molecule has 2 amide bonds. The molecular formula is C20H25N3O2. The summed E-state index contributed by atoms with van der Waals surface area (Å²) in [4.78, 5) is 24.3. The molecule has 4 N–H and O–H groups in total. The molecule has 0 aliphatic rings. The average Bonchev–Trinajstić information content (AvgIpc) is 2.57. The Morgan fingerprint density at radius 3 is 2.40 bits per heavy atom. The first kappa shape index (κ1) is 18.7. The summed E-state index contributed by atoms with van der Waals surface area (Å²) in [6, 6.07) is 11.1. The number of amides is 2. The van der Waals surface area contributed by atoms with Crippen LogP contribution in [0.15, 0.2) is 36.4 Å². The van der Waals surface area contributed by atoms with Gasteiger partial charge in [-0.1, -0.05) is 19.1 Å². The van der Waals surface area contributed by atoms with Crippen LogP contribution in [0.1, 0.15) is 40.4 Å². The molecule has 2 aromatic carbocycles. The summed E-state index contributed by atoms with van der Waals surface area (Å²) in [5, 5.41) is 5.75. The number of anilines is 2. The van der Waals surface area contributed by atoms with Crippen molar-refractivity contribution in [1.82, 2.24) is 0 Å². The number of benzene rings is 2. The molecule has 0 spiro atoms. The van der Waals surface area contributed by atoms with Crippen LogP contribution in [0.25, 0.3) is 0 Å². The first-order valence-electron chi connectivity index (χ1n) is 8.46. The average molecular weight is 339 g/mol. The van der Waals surface area contributed by atoms with Gasteiger partial charge in [0.15, 0.2) is 0 Å². The maximum absolute atomic E-state index is 12.5. The van der Waals surface area contributed by atoms with E-state index in [0.717, 1.165) is 23.1 Å². The van der Waals surface area contributed by atoms with Gasteiger partial charge >= 0.3 is 0 Å². The van der Waals surface area contributed by atoms with Crippen molar-refractivity contribution in [3.63, 3.8) is 0 Å². The van der Waals surface area contributed by atoms with Gasteiger partial charge in [0.25, 0.3) is 5.91 Å². The van der Waals surface area contributed by atoms with E-state index in [1.165, 1.54) is 0 Å². The molecule has 0 saturated carbocycles. The van der Waals surface area contributed by atoms with Gasteiger partial charge in [0.05, 0.1) is 0 Å². The summed E-state index contributed by atoms with van der Waals surface area (Å²) in [6.07, 6.45) is 1.05. The Labute approximate surface area is 148 Å². The van der Waals surface area contributed by atoms with Crippen molar-refractivity contribution in [3.05, 3.63) is 58.7 Å². The second kappa shape index (κ2) is 8.44. The fourth-order valence-corrected chi connectivity index (χ4v) is 2.51. The topological polar surface area (TPSA) is 84.2 Å². The monoisotopic (exact) mass is 339 g/mol. The van der Waals surface area contributed by atoms with Crippen LogP contribution in [0.4, 0.5) is 11.4 Å². The summed E-state index contributed by atoms with van der Waals surface area (Å²) < 4.78 is 0. The number of carbonyl (C=O) groups is 2. The van der Waals surface area contributed by atoms with Crippen LogP contribution in [0, 0.1) is 13.8 Å². The van der Waals surface area contributed by atoms with Crippen LogP contribution < -0.4 is 16.4 Å². The van der Waals surface area contributed by atoms with Crippen molar-refractivity contribution in [2.24, 2.45) is 5.73 Å². The molecule has 0 aliphatic carbocycles. The van der Waals surface area contributed by atoms with E-state index >= 15 is 0 Å². The predicted octanol–water partition coefficient (Wildman–Crippen LogP) is 3.41. The van der Waals surface area contributed by atoms with Gasteiger partial charge in [-0.15, -0.1) is 0 Å². The van der Waals surface area contributed by atoms with E-state index in [-0.39, 0.29) is 18.2 Å². The quantitative estimate of drug-likeness (QED) is 0.754. The second-order valence-electron chi connectivity index (χ2n) is 6.07. The standard InChI is InChI=1S/C20H25N3O2/c1-4-15-7-8-17(12-18(15)23-19(24)9-10-21)22-20(25)16-6-5-13(2)14(3)11-16/h5-8,11-12H,4,9-10,21H2,1-3H3,(H,22,25)(H,23,24). The highest BCUT2D eigenvalue weighted by Gasteiger charge is 2.10. The van der Waals surface area contributed by atoms with E-state index < -0.39 is 0 Å². The van der Waals surface area contributed by atoms with Crippen molar-refractivity contribution in [2.75, 3.05) is 17.2 Å². The minimum Gasteiger partial charge on any atom is -0.330 e. The fraction of sp³-hybridized carbons (Fsp3) is 0.300. The first-order chi connectivity index (χ1) is 11.9. The molecular weight excluding hydrogens is 314 g/mol. The molecule has 0 radical (unpaired) electrons. The van der Waals surface area contributed by atoms with E-state index in [9.17, 15) is 9.59 Å². The van der Waals surface area contributed by atoms with Crippen molar-refractivity contribution in [3.8, 4) is 0 Å². The lowest BCUT2D eigenvalue weighted by atomic mass is 10.1. The van der Waals surface area contributed by atoms with Crippen LogP contribution in [0.3, 0.4) is 0 Å². The molecule has 5 nitrogen and oxygen atoms in total. The van der Waals surface area contributed by atoms with Crippen LogP contribution in [0.5, 0.6) is 0 Å². The lowest BCUT2D eigenvalue weighted by Crippen LogP contribution is -2.17. The van der Waals surface area contributed by atoms with Crippen molar-refractivity contribution < 1.29 is 9.59 Å². The summed E-state index contributed by atoms with van der Waals surface area (Å²) in [7, 11) is 0. The Morgan fingerprint density at radius 2 is 1.76 bits per heavy atom. The van der Waals surface area contributed by atoms with Crippen molar-refractivity contribution >= 4 is 23.2 Å². The van der Waals surface area contributed by atoms with Gasteiger partial charge < -0.3 is 16.4 Å². The Bertz CT molecular complexity index is 785. The van der Waals surface area contributed by atoms with E-state index in [4.69, 9.17) is 5.73 Å². The summed E-state index contributed by atoms with van der Waals surface area (Å²) in [6.45, 7) is 6.31. The fourth-order valence-electron chi connectivity index (χ4n) is 2.51. The third-order valence-electron chi connectivity index (χ3n) is 4.16. The number of aryl methyl sites for hydroxylation is 3. The van der Waals surface area contributed by atoms with E-state index in [1.807, 2.05) is 51.1 Å². The summed E-state index contributed by atoms with van der Waals surface area (Å²) >= 11 is 0. The Kier molecular flexibility index (Phi) is 6.31. The molecule has 132 valence electrons. The molecule has 0 aliphatic heterocycles. The second-order valence-corrected chi connectivity index (χ2v) is 6.07. The van der Waals surface area contributed by atoms with Crippen molar-refractivity contribution in [1.29, 1.82) is 0 Å². The highest BCUT2D eigenvalue weighted by molar-refractivity contribution is 6.05. The van der Waals surface area contributed by atoms with Crippen LogP contribution in [-0.4, -0.2) is 18.4 Å². The van der Waals surface area contributed by atoms with Crippen LogP contribution in [-0.2, 0) is 11.2 Å². The SMILES string of the molecule is CCc1ccc(NC(=O)c2ccc(C)c(C)c2)cc1NC(=O)CCN. The lowest BCUT2D eigenvalue weighted by Gasteiger charge is -2.13. The van der Waals surface area contributed by atoms with E-state index in [1.54, 1.807) is 6.07 Å². The van der Waals surface area contributed by atoms with Gasteiger partial charge in [-0.05, 0) is 61.2 Å². The molecule has 0 fully saturated rings. The third kappa shape index (κ3) is 4.90. The molecule has 0 aromatic heterocycles.